The molecule has 0 heterocycles. The summed E-state index contributed by atoms with van der Waals surface area (Å²) in [5, 5.41) is 0.290. The summed E-state index contributed by atoms with van der Waals surface area (Å²) < 4.78 is 26.3. The predicted molar refractivity (Wildman–Crippen MR) is 56.2 cm³/mol. The number of rotatable bonds is 4. The Balaban J connectivity index is 3.04. The molecule has 0 saturated heterocycles. The van der Waals surface area contributed by atoms with Crippen LogP contribution >= 0.6 is 11.6 Å². The highest BCUT2D eigenvalue weighted by Gasteiger charge is 2.18. The van der Waals surface area contributed by atoms with E-state index in [9.17, 15) is 13.2 Å². The first-order valence-corrected chi connectivity index (χ1v) is 6.21. The van der Waals surface area contributed by atoms with E-state index in [1.165, 1.54) is 6.07 Å². The normalized spacial score (nSPS) is 13.5. The maximum Gasteiger partial charge on any atom is 0.265 e. The summed E-state index contributed by atoms with van der Waals surface area (Å²) in [5.41, 5.74) is 0.333. The van der Waals surface area contributed by atoms with E-state index in [1.54, 1.807) is 18.2 Å². The van der Waals surface area contributed by atoms with Gasteiger partial charge in [-0.05, 0) is 6.07 Å². The van der Waals surface area contributed by atoms with Gasteiger partial charge in [0.25, 0.3) is 10.1 Å². The van der Waals surface area contributed by atoms with E-state index in [4.69, 9.17) is 11.6 Å². The molecule has 0 spiro atoms. The van der Waals surface area contributed by atoms with Crippen molar-refractivity contribution < 1.29 is 17.4 Å². The lowest BCUT2D eigenvalue weighted by atomic mass is 10.1. The van der Waals surface area contributed by atoms with Gasteiger partial charge in [-0.2, -0.15) is 8.42 Å². The largest absolute Gasteiger partial charge is 0.300 e. The Hall–Kier alpha value is -0.910. The average molecular weight is 249 g/mol. The minimum atomic E-state index is -3.69. The number of aldehydes is 1. The number of hydrogen-bond acceptors (Lipinski definition) is 4. The first-order chi connectivity index (χ1) is 6.94. The number of halogens is 1. The molecule has 0 aliphatic rings. The average Bonchev–Trinajstić information content (AvgIpc) is 2.14. The van der Waals surface area contributed by atoms with E-state index in [0.717, 1.165) is 6.26 Å². The Labute approximate surface area is 92.9 Å². The molecule has 0 bridgehead atoms. The molecule has 0 amide bonds. The third-order valence-electron chi connectivity index (χ3n) is 1.61. The van der Waals surface area contributed by atoms with Gasteiger partial charge in [0, 0.05) is 10.6 Å². The summed E-state index contributed by atoms with van der Waals surface area (Å²) in [6, 6.07) is 6.41. The lowest BCUT2D eigenvalue weighted by molar-refractivity contribution is -0.113. The van der Waals surface area contributed by atoms with Crippen LogP contribution in [0, 0.1) is 0 Å². The van der Waals surface area contributed by atoms with Crippen molar-refractivity contribution >= 4 is 28.0 Å². The van der Waals surface area contributed by atoms with Crippen LogP contribution in [0.2, 0.25) is 5.02 Å². The number of carbonyl (C=O) groups excluding carboxylic acids is 1. The van der Waals surface area contributed by atoms with Crippen LogP contribution < -0.4 is 0 Å². The van der Waals surface area contributed by atoms with Crippen molar-refractivity contribution in [1.29, 1.82) is 0 Å². The first-order valence-electron chi connectivity index (χ1n) is 4.02. The molecule has 15 heavy (non-hydrogen) atoms. The van der Waals surface area contributed by atoms with Gasteiger partial charge in [0.05, 0.1) is 6.26 Å². The molecule has 0 N–H and O–H groups in total. The molecule has 1 rings (SSSR count). The molecule has 0 aromatic heterocycles. The van der Waals surface area contributed by atoms with Crippen molar-refractivity contribution in [2.24, 2.45) is 0 Å². The van der Waals surface area contributed by atoms with Crippen LogP contribution in [0.25, 0.3) is 0 Å². The van der Waals surface area contributed by atoms with Crippen LogP contribution in [0.15, 0.2) is 24.3 Å². The minimum Gasteiger partial charge on any atom is -0.300 e. The second-order valence-corrected chi connectivity index (χ2v) is 4.89. The van der Waals surface area contributed by atoms with Gasteiger partial charge in [0.15, 0.2) is 12.4 Å². The Morgan fingerprint density at radius 2 is 2.00 bits per heavy atom. The van der Waals surface area contributed by atoms with Gasteiger partial charge in [0.2, 0.25) is 0 Å². The predicted octanol–water partition coefficient (Wildman–Crippen LogP) is 1.56. The Morgan fingerprint density at radius 3 is 2.47 bits per heavy atom. The summed E-state index contributed by atoms with van der Waals surface area (Å²) in [4.78, 5) is 10.7. The molecular formula is C9H9ClO4S. The van der Waals surface area contributed by atoms with E-state index >= 15 is 0 Å². The fourth-order valence-electron chi connectivity index (χ4n) is 1.04. The zero-order valence-electron chi connectivity index (χ0n) is 7.88. The molecule has 0 saturated carbocycles. The summed E-state index contributed by atoms with van der Waals surface area (Å²) in [7, 11) is -3.69. The van der Waals surface area contributed by atoms with Crippen molar-refractivity contribution in [3.05, 3.63) is 34.9 Å². The molecule has 0 aliphatic heterocycles. The number of benzene rings is 1. The lowest BCUT2D eigenvalue weighted by Gasteiger charge is -2.11. The highest BCUT2D eigenvalue weighted by atomic mass is 35.5. The molecular weight excluding hydrogens is 240 g/mol. The zero-order valence-corrected chi connectivity index (χ0v) is 9.46. The molecule has 1 unspecified atom stereocenters. The number of hydrogen-bond donors (Lipinski definition) is 0. The van der Waals surface area contributed by atoms with Gasteiger partial charge in [-0.15, -0.1) is 0 Å². The van der Waals surface area contributed by atoms with Crippen LogP contribution in [0.5, 0.6) is 0 Å². The van der Waals surface area contributed by atoms with Crippen molar-refractivity contribution in [3.63, 3.8) is 0 Å². The maximum atomic E-state index is 10.9. The first kappa shape index (κ1) is 12.2. The second-order valence-electron chi connectivity index (χ2n) is 2.88. The third kappa shape index (κ3) is 3.62. The maximum absolute atomic E-state index is 10.9. The summed E-state index contributed by atoms with van der Waals surface area (Å²) in [5.74, 6) is 0. The van der Waals surface area contributed by atoms with Gasteiger partial charge in [-0.25, -0.2) is 0 Å². The standard InChI is InChI=1S/C9H9ClO4S/c1-15(12,13)14-9(6-11)7-4-2-3-5-8(7)10/h2-6,9H,1H3. The van der Waals surface area contributed by atoms with E-state index in [2.05, 4.69) is 4.18 Å². The molecule has 1 aromatic carbocycles. The van der Waals surface area contributed by atoms with Crippen molar-refractivity contribution in [2.45, 2.75) is 6.10 Å². The van der Waals surface area contributed by atoms with Crippen molar-refractivity contribution in [1.82, 2.24) is 0 Å². The molecule has 1 aromatic rings. The smallest absolute Gasteiger partial charge is 0.265 e. The molecule has 0 aliphatic carbocycles. The van der Waals surface area contributed by atoms with Crippen LogP contribution in [0.3, 0.4) is 0 Å². The summed E-state index contributed by atoms with van der Waals surface area (Å²) in [6.45, 7) is 0. The fraction of sp³-hybridized carbons (Fsp3) is 0.222. The van der Waals surface area contributed by atoms with E-state index < -0.39 is 16.2 Å². The van der Waals surface area contributed by atoms with Crippen LogP contribution in [-0.2, 0) is 19.1 Å². The summed E-state index contributed by atoms with van der Waals surface area (Å²) in [6.07, 6.45) is 0.0801. The highest BCUT2D eigenvalue weighted by Crippen LogP contribution is 2.24. The molecule has 6 heteroatoms. The monoisotopic (exact) mass is 248 g/mol. The van der Waals surface area contributed by atoms with Crippen LogP contribution in [0.1, 0.15) is 11.7 Å². The van der Waals surface area contributed by atoms with Crippen LogP contribution in [0.4, 0.5) is 0 Å². The SMILES string of the molecule is CS(=O)(=O)OC(C=O)c1ccccc1Cl. The van der Waals surface area contributed by atoms with Gasteiger partial charge in [-0.1, -0.05) is 29.8 Å². The lowest BCUT2D eigenvalue weighted by Crippen LogP contribution is -2.11. The highest BCUT2D eigenvalue weighted by molar-refractivity contribution is 7.86. The molecule has 0 radical (unpaired) electrons. The van der Waals surface area contributed by atoms with Crippen LogP contribution in [-0.4, -0.2) is 21.0 Å². The molecule has 0 fully saturated rings. The van der Waals surface area contributed by atoms with E-state index in [0.29, 0.717) is 16.9 Å². The topological polar surface area (TPSA) is 60.4 Å². The Morgan fingerprint density at radius 1 is 1.40 bits per heavy atom. The van der Waals surface area contributed by atoms with Crippen molar-refractivity contribution in [2.75, 3.05) is 6.26 Å². The van der Waals surface area contributed by atoms with Crippen molar-refractivity contribution in [3.8, 4) is 0 Å². The quantitative estimate of drug-likeness (QED) is 0.599. The third-order valence-corrected chi connectivity index (χ3v) is 2.51. The van der Waals surface area contributed by atoms with E-state index in [-0.39, 0.29) is 0 Å². The van der Waals surface area contributed by atoms with Gasteiger partial charge < -0.3 is 4.79 Å². The molecule has 4 nitrogen and oxygen atoms in total. The summed E-state index contributed by atoms with van der Waals surface area (Å²) >= 11 is 5.79. The second kappa shape index (κ2) is 4.74. The minimum absolute atomic E-state index is 0.290. The van der Waals surface area contributed by atoms with Gasteiger partial charge in [0.1, 0.15) is 0 Å². The Kier molecular flexibility index (Phi) is 3.84. The number of carbonyl (C=O) groups is 1. The Bertz CT molecular complexity index is 455. The van der Waals surface area contributed by atoms with Gasteiger partial charge in [-0.3, -0.25) is 4.18 Å². The van der Waals surface area contributed by atoms with E-state index in [1.807, 2.05) is 0 Å². The zero-order chi connectivity index (χ0) is 11.5. The molecule has 1 atom stereocenters. The van der Waals surface area contributed by atoms with Gasteiger partial charge >= 0.3 is 0 Å². The molecule has 82 valence electrons. The fourth-order valence-corrected chi connectivity index (χ4v) is 1.81.